The summed E-state index contributed by atoms with van der Waals surface area (Å²) in [5.74, 6) is 1.68. The maximum atomic E-state index is 12.1. The van der Waals surface area contributed by atoms with Crippen LogP contribution >= 0.6 is 0 Å². The number of furan rings is 1. The summed E-state index contributed by atoms with van der Waals surface area (Å²) in [6.07, 6.45) is 1.40. The van der Waals surface area contributed by atoms with Crippen LogP contribution in [0.2, 0.25) is 0 Å². The molecule has 3 N–H and O–H groups in total. The zero-order valence-corrected chi connectivity index (χ0v) is 14.9. The van der Waals surface area contributed by atoms with Crippen molar-refractivity contribution in [3.63, 3.8) is 0 Å². The van der Waals surface area contributed by atoms with E-state index in [0.717, 1.165) is 12.1 Å². The number of rotatable bonds is 9. The smallest absolute Gasteiger partial charge is 0.254 e. The molecule has 0 bridgehead atoms. The highest BCUT2D eigenvalue weighted by molar-refractivity contribution is 5.93. The number of hydrogen-bond donors (Lipinski definition) is 2. The zero-order valence-electron chi connectivity index (χ0n) is 14.9. The zero-order chi connectivity index (χ0) is 18.2. The minimum absolute atomic E-state index is 0.214. The molecule has 0 aliphatic heterocycles. The first-order chi connectivity index (χ1) is 12.0. The van der Waals surface area contributed by atoms with E-state index in [1.807, 2.05) is 37.2 Å². The maximum Gasteiger partial charge on any atom is 0.254 e. The number of likely N-dealkylation sites (N-methyl/N-ethyl adjacent to an activating group) is 1. The molecule has 0 fully saturated rings. The monoisotopic (exact) mass is 347 g/mol. The molecule has 0 radical (unpaired) electrons. The van der Waals surface area contributed by atoms with Crippen molar-refractivity contribution < 1.29 is 18.7 Å². The summed E-state index contributed by atoms with van der Waals surface area (Å²) in [6.45, 7) is 2.02. The molecule has 1 amide bonds. The number of benzene rings is 1. The number of ether oxygens (including phenoxy) is 2. The summed E-state index contributed by atoms with van der Waals surface area (Å²) >= 11 is 0. The average Bonchev–Trinajstić information content (AvgIpc) is 3.09. The van der Waals surface area contributed by atoms with Gasteiger partial charge >= 0.3 is 0 Å². The summed E-state index contributed by atoms with van der Waals surface area (Å²) in [5.41, 5.74) is 6.84. The van der Waals surface area contributed by atoms with Crippen LogP contribution in [0.5, 0.6) is 11.5 Å². The largest absolute Gasteiger partial charge is 0.493 e. The Morgan fingerprint density at radius 1 is 1.28 bits per heavy atom. The maximum absolute atomic E-state index is 12.1. The van der Waals surface area contributed by atoms with Crippen molar-refractivity contribution in [3.8, 4) is 11.5 Å². The first-order valence-corrected chi connectivity index (χ1v) is 8.03. The van der Waals surface area contributed by atoms with Crippen LogP contribution in [0.1, 0.15) is 21.7 Å². The first-order valence-electron chi connectivity index (χ1n) is 8.03. The second-order valence-electron chi connectivity index (χ2n) is 5.83. The van der Waals surface area contributed by atoms with Crippen LogP contribution in [0.15, 0.2) is 34.9 Å². The van der Waals surface area contributed by atoms with Gasteiger partial charge in [-0.2, -0.15) is 0 Å². The minimum atomic E-state index is -0.214. The van der Waals surface area contributed by atoms with Gasteiger partial charge in [0.15, 0.2) is 11.5 Å². The molecule has 0 spiro atoms. The molecule has 2 rings (SSSR count). The Balaban J connectivity index is 1.94. The predicted octanol–water partition coefficient (Wildman–Crippen LogP) is 1.62. The number of amides is 1. The number of hydrogen-bond acceptors (Lipinski definition) is 6. The van der Waals surface area contributed by atoms with E-state index in [1.165, 1.54) is 6.26 Å². The van der Waals surface area contributed by atoms with Crippen molar-refractivity contribution in [1.29, 1.82) is 0 Å². The van der Waals surface area contributed by atoms with Crippen LogP contribution in [0.3, 0.4) is 0 Å². The lowest BCUT2D eigenvalue weighted by atomic mass is 10.2. The van der Waals surface area contributed by atoms with E-state index in [4.69, 9.17) is 19.6 Å². The van der Waals surface area contributed by atoms with Gasteiger partial charge in [0.2, 0.25) is 0 Å². The van der Waals surface area contributed by atoms with E-state index in [0.29, 0.717) is 36.0 Å². The van der Waals surface area contributed by atoms with Gasteiger partial charge in [0.25, 0.3) is 5.91 Å². The summed E-state index contributed by atoms with van der Waals surface area (Å²) in [5, 5.41) is 2.84. The molecule has 7 nitrogen and oxygen atoms in total. The fourth-order valence-electron chi connectivity index (χ4n) is 2.17. The van der Waals surface area contributed by atoms with Gasteiger partial charge in [-0.15, -0.1) is 0 Å². The molecule has 2 aromatic rings. The quantitative estimate of drug-likeness (QED) is 0.716. The van der Waals surface area contributed by atoms with Crippen molar-refractivity contribution in [2.45, 2.75) is 13.1 Å². The highest BCUT2D eigenvalue weighted by atomic mass is 16.5. The molecule has 1 aromatic heterocycles. The predicted molar refractivity (Wildman–Crippen MR) is 94.8 cm³/mol. The van der Waals surface area contributed by atoms with Crippen molar-refractivity contribution in [3.05, 3.63) is 47.4 Å². The fraction of sp³-hybridized carbons (Fsp3) is 0.389. The van der Waals surface area contributed by atoms with Crippen LogP contribution < -0.4 is 20.5 Å². The van der Waals surface area contributed by atoms with Gasteiger partial charge in [0.1, 0.15) is 18.6 Å². The van der Waals surface area contributed by atoms with E-state index < -0.39 is 0 Å². The number of nitrogens with zero attached hydrogens (tertiary/aromatic N) is 1. The molecular weight excluding hydrogens is 322 g/mol. The summed E-state index contributed by atoms with van der Waals surface area (Å²) in [7, 11) is 5.57. The average molecular weight is 347 g/mol. The third kappa shape index (κ3) is 5.51. The molecular formula is C18H25N3O4. The Morgan fingerprint density at radius 3 is 2.72 bits per heavy atom. The molecule has 0 aliphatic rings. The minimum Gasteiger partial charge on any atom is -0.493 e. The van der Waals surface area contributed by atoms with Crippen molar-refractivity contribution in [2.75, 3.05) is 34.4 Å². The van der Waals surface area contributed by atoms with Crippen LogP contribution in [-0.4, -0.2) is 45.2 Å². The SMILES string of the molecule is COc1cc(CNC(=O)c2coc(CN)c2)ccc1OCCN(C)C. The Bertz CT molecular complexity index is 697. The third-order valence-corrected chi connectivity index (χ3v) is 3.59. The fourth-order valence-corrected chi connectivity index (χ4v) is 2.17. The second kappa shape index (κ2) is 9.10. The van der Waals surface area contributed by atoms with Crippen molar-refractivity contribution in [2.24, 2.45) is 5.73 Å². The lowest BCUT2D eigenvalue weighted by molar-refractivity contribution is 0.0950. The van der Waals surface area contributed by atoms with Gasteiger partial charge in [-0.05, 0) is 37.9 Å². The van der Waals surface area contributed by atoms with Crippen LogP contribution in [0.4, 0.5) is 0 Å². The van der Waals surface area contributed by atoms with E-state index in [9.17, 15) is 4.79 Å². The van der Waals surface area contributed by atoms with Gasteiger partial charge in [-0.1, -0.05) is 6.07 Å². The van der Waals surface area contributed by atoms with Gasteiger partial charge < -0.3 is 29.8 Å². The van der Waals surface area contributed by atoms with Gasteiger partial charge in [-0.25, -0.2) is 0 Å². The molecule has 1 heterocycles. The Hall–Kier alpha value is -2.51. The first kappa shape index (κ1) is 18.8. The van der Waals surface area contributed by atoms with Crippen molar-refractivity contribution in [1.82, 2.24) is 10.2 Å². The summed E-state index contributed by atoms with van der Waals surface area (Å²) < 4.78 is 16.3. The van der Waals surface area contributed by atoms with E-state index in [-0.39, 0.29) is 12.5 Å². The van der Waals surface area contributed by atoms with Crippen LogP contribution in [0.25, 0.3) is 0 Å². The number of nitrogens with two attached hydrogens (primary N) is 1. The third-order valence-electron chi connectivity index (χ3n) is 3.59. The topological polar surface area (TPSA) is 90.0 Å². The lowest BCUT2D eigenvalue weighted by Gasteiger charge is -2.14. The van der Waals surface area contributed by atoms with Gasteiger partial charge in [0.05, 0.1) is 19.2 Å². The van der Waals surface area contributed by atoms with Gasteiger partial charge in [0, 0.05) is 13.1 Å². The summed E-state index contributed by atoms with van der Waals surface area (Å²) in [6, 6.07) is 7.23. The van der Waals surface area contributed by atoms with Crippen LogP contribution in [-0.2, 0) is 13.1 Å². The van der Waals surface area contributed by atoms with Crippen LogP contribution in [0, 0.1) is 0 Å². The number of nitrogens with one attached hydrogen (secondary N) is 1. The van der Waals surface area contributed by atoms with Crippen molar-refractivity contribution >= 4 is 5.91 Å². The van der Waals surface area contributed by atoms with E-state index >= 15 is 0 Å². The molecule has 0 unspecified atom stereocenters. The summed E-state index contributed by atoms with van der Waals surface area (Å²) in [4.78, 5) is 14.1. The Morgan fingerprint density at radius 2 is 2.08 bits per heavy atom. The molecule has 1 aromatic carbocycles. The molecule has 0 aliphatic carbocycles. The number of carbonyl (C=O) groups excluding carboxylic acids is 1. The van der Waals surface area contributed by atoms with E-state index in [1.54, 1.807) is 13.2 Å². The highest BCUT2D eigenvalue weighted by Gasteiger charge is 2.11. The molecule has 136 valence electrons. The Labute approximate surface area is 147 Å². The highest BCUT2D eigenvalue weighted by Crippen LogP contribution is 2.28. The van der Waals surface area contributed by atoms with E-state index in [2.05, 4.69) is 5.32 Å². The molecule has 0 atom stereocenters. The van der Waals surface area contributed by atoms with Gasteiger partial charge in [-0.3, -0.25) is 4.79 Å². The number of carbonyl (C=O) groups is 1. The standard InChI is InChI=1S/C18H25N3O4/c1-21(2)6-7-24-16-5-4-13(8-17(16)23-3)11-20-18(22)14-9-15(10-19)25-12-14/h4-5,8-9,12H,6-7,10-11,19H2,1-3H3,(H,20,22). The lowest BCUT2D eigenvalue weighted by Crippen LogP contribution is -2.22. The second-order valence-corrected chi connectivity index (χ2v) is 5.83. The molecule has 0 saturated heterocycles. The molecule has 7 heteroatoms. The molecule has 0 saturated carbocycles. The number of methoxy groups -OCH3 is 1. The molecule has 25 heavy (non-hydrogen) atoms. The Kier molecular flexibility index (Phi) is 6.85. The normalized spacial score (nSPS) is 10.8.